The Morgan fingerprint density at radius 2 is 1.78 bits per heavy atom. The van der Waals surface area contributed by atoms with Crippen molar-refractivity contribution in [2.45, 2.75) is 0 Å². The van der Waals surface area contributed by atoms with Crippen LogP contribution >= 0.6 is 16.8 Å². The quantitative estimate of drug-likeness (QED) is 0.494. The summed E-state index contributed by atoms with van der Waals surface area (Å²) in [6, 6.07) is 8.57. The van der Waals surface area contributed by atoms with E-state index in [0.29, 0.717) is 0 Å². The number of fused-ring (bicyclic) bond motifs is 1. The van der Waals surface area contributed by atoms with Crippen LogP contribution < -0.4 is 10.6 Å². The molecular weight excluding hydrogens is 146 g/mol. The molecule has 0 fully saturated rings. The Kier molecular flexibility index (Phi) is 1.38. The van der Waals surface area contributed by atoms with Crippen molar-refractivity contribution in [3.63, 3.8) is 0 Å². The highest BCUT2D eigenvalue weighted by Crippen LogP contribution is 2.17. The first-order valence-electron chi connectivity index (χ1n) is 2.79. The summed E-state index contributed by atoms with van der Waals surface area (Å²) in [5.74, 6) is 0. The molecule has 0 bridgehead atoms. The summed E-state index contributed by atoms with van der Waals surface area (Å²) < 4.78 is 0. The first-order valence-corrected chi connectivity index (χ1v) is 4.72. The highest BCUT2D eigenvalue weighted by atomic mass is 31.1. The third-order valence-electron chi connectivity index (χ3n) is 1.28. The van der Waals surface area contributed by atoms with Crippen LogP contribution in [0.2, 0.25) is 0 Å². The zero-order valence-corrected chi connectivity index (χ0v) is 6.57. The molecule has 0 amide bonds. The van der Waals surface area contributed by atoms with Crippen LogP contribution in [0.5, 0.6) is 0 Å². The molecule has 1 aliphatic rings. The molecule has 1 aromatic rings. The lowest BCUT2D eigenvalue weighted by molar-refractivity contribution is 1.84. The average molecular weight is 151 g/mol. The van der Waals surface area contributed by atoms with E-state index in [1.165, 1.54) is 27.4 Å². The van der Waals surface area contributed by atoms with Gasteiger partial charge < -0.3 is 0 Å². The van der Waals surface area contributed by atoms with Crippen LogP contribution in [-0.4, -0.2) is 5.54 Å². The second kappa shape index (κ2) is 2.21. The third-order valence-corrected chi connectivity index (χ3v) is 3.71. The molecule has 1 aliphatic heterocycles. The van der Waals surface area contributed by atoms with E-state index in [1.807, 2.05) is 0 Å². The average Bonchev–Trinajstić information content (AvgIpc) is 2.33. The molecule has 0 spiro atoms. The molecule has 0 N–H and O–H groups in total. The Bertz CT molecular complexity index is 253. The second-order valence-corrected chi connectivity index (χ2v) is 4.27. The summed E-state index contributed by atoms with van der Waals surface area (Å²) in [6.07, 6.45) is 0. The van der Waals surface area contributed by atoms with E-state index in [1.54, 1.807) is 0 Å². The van der Waals surface area contributed by atoms with Gasteiger partial charge in [0.05, 0.1) is 0 Å². The third kappa shape index (κ3) is 0.936. The maximum atomic E-state index is 2.27. The van der Waals surface area contributed by atoms with Crippen molar-refractivity contribution in [3.05, 3.63) is 24.3 Å². The monoisotopic (exact) mass is 151 g/mol. The van der Waals surface area contributed by atoms with Gasteiger partial charge in [-0.25, -0.2) is 0 Å². The second-order valence-electron chi connectivity index (χ2n) is 1.86. The van der Waals surface area contributed by atoms with Gasteiger partial charge in [0.25, 0.3) is 0 Å². The van der Waals surface area contributed by atoms with Crippen LogP contribution in [0.15, 0.2) is 24.3 Å². The Morgan fingerprint density at radius 3 is 2.56 bits per heavy atom. The Hall–Kier alpha value is -0.180. The van der Waals surface area contributed by atoms with Crippen LogP contribution in [0.4, 0.5) is 0 Å². The summed E-state index contributed by atoms with van der Waals surface area (Å²) in [5.41, 5.74) is 2.27. The van der Waals surface area contributed by atoms with Crippen molar-refractivity contribution < 1.29 is 0 Å². The molecule has 2 rings (SSSR count). The maximum absolute atomic E-state index is 2.27. The summed E-state index contributed by atoms with van der Waals surface area (Å²) in [4.78, 5) is 0. The molecule has 0 atom stereocenters. The van der Waals surface area contributed by atoms with Gasteiger partial charge in [0.2, 0.25) is 0 Å². The van der Waals surface area contributed by atoms with Crippen molar-refractivity contribution in [1.29, 1.82) is 0 Å². The molecule has 1 aromatic carbocycles. The van der Waals surface area contributed by atoms with Gasteiger partial charge in [-0.3, -0.25) is 0 Å². The lowest BCUT2D eigenvalue weighted by Gasteiger charge is -1.91. The predicted molar refractivity (Wildman–Crippen MR) is 45.6 cm³/mol. The normalized spacial score (nSPS) is 18.2. The minimum absolute atomic E-state index is 1.39. The van der Waals surface area contributed by atoms with Gasteiger partial charge in [-0.2, -0.15) is 0 Å². The fourth-order valence-corrected chi connectivity index (χ4v) is 3.17. The number of rotatable bonds is 0. The minimum atomic E-state index is 1.39. The molecule has 0 aromatic heterocycles. The topological polar surface area (TPSA) is 0 Å². The van der Waals surface area contributed by atoms with Crippen LogP contribution in [-0.2, 0) is 0 Å². The lowest BCUT2D eigenvalue weighted by Crippen LogP contribution is -2.08. The van der Waals surface area contributed by atoms with Crippen LogP contribution in [0.25, 0.3) is 0 Å². The van der Waals surface area contributed by atoms with Gasteiger partial charge in [-0.1, -0.05) is 26.4 Å². The zero-order valence-electron chi connectivity index (χ0n) is 4.78. The van der Waals surface area contributed by atoms with Crippen LogP contribution in [0.1, 0.15) is 0 Å². The molecule has 9 heavy (non-hydrogen) atoms. The van der Waals surface area contributed by atoms with E-state index in [4.69, 9.17) is 0 Å². The molecule has 0 saturated heterocycles. The minimum Gasteiger partial charge on any atom is -0.0665 e. The standard InChI is InChI=1S/C7H5P2/c1-2-4-7-6(3-1)8-5-9-7/h1-5H. The van der Waals surface area contributed by atoms with E-state index in [-0.39, 0.29) is 0 Å². The smallest absolute Gasteiger partial charge is 0.0102 e. The van der Waals surface area contributed by atoms with E-state index in [0.717, 1.165) is 0 Å². The summed E-state index contributed by atoms with van der Waals surface area (Å²) in [7, 11) is 2.77. The predicted octanol–water partition coefficient (Wildman–Crippen LogP) is 1.60. The van der Waals surface area contributed by atoms with Crippen LogP contribution in [0, 0.1) is 0 Å². The molecule has 0 nitrogen and oxygen atoms in total. The molecule has 1 heterocycles. The van der Waals surface area contributed by atoms with Gasteiger partial charge in [0, 0.05) is 5.30 Å². The number of hydrogen-bond acceptors (Lipinski definition) is 0. The summed E-state index contributed by atoms with van der Waals surface area (Å²) >= 11 is 0. The highest BCUT2D eigenvalue weighted by molar-refractivity contribution is 7.81. The van der Waals surface area contributed by atoms with Crippen molar-refractivity contribution >= 4 is 32.9 Å². The molecular formula is C7H5P2. The number of benzene rings is 1. The first kappa shape index (κ1) is 5.59. The Labute approximate surface area is 57.9 Å². The molecule has 1 radical (unpaired) electrons. The first-order chi connectivity index (χ1) is 4.47. The Morgan fingerprint density at radius 1 is 1.00 bits per heavy atom. The highest BCUT2D eigenvalue weighted by Gasteiger charge is 2.02. The molecule has 43 valence electrons. The van der Waals surface area contributed by atoms with Gasteiger partial charge in [-0.05, 0) is 25.5 Å². The molecule has 2 heteroatoms. The van der Waals surface area contributed by atoms with Crippen molar-refractivity contribution in [1.82, 2.24) is 0 Å². The maximum Gasteiger partial charge on any atom is 0.0102 e. The van der Waals surface area contributed by atoms with E-state index in [2.05, 4.69) is 29.8 Å². The largest absolute Gasteiger partial charge is 0.0665 e. The van der Waals surface area contributed by atoms with Gasteiger partial charge in [0.15, 0.2) is 0 Å². The zero-order chi connectivity index (χ0) is 6.10. The van der Waals surface area contributed by atoms with Gasteiger partial charge in [0.1, 0.15) is 0 Å². The van der Waals surface area contributed by atoms with Crippen molar-refractivity contribution in [2.75, 3.05) is 0 Å². The Balaban J connectivity index is 2.63. The fourth-order valence-electron chi connectivity index (χ4n) is 0.836. The fraction of sp³-hybridized carbons (Fsp3) is 0. The lowest BCUT2D eigenvalue weighted by atomic mass is 10.4. The van der Waals surface area contributed by atoms with Crippen LogP contribution in [0.3, 0.4) is 0 Å². The van der Waals surface area contributed by atoms with Gasteiger partial charge >= 0.3 is 0 Å². The molecule has 0 unspecified atom stereocenters. The van der Waals surface area contributed by atoms with Crippen molar-refractivity contribution in [3.8, 4) is 0 Å². The summed E-state index contributed by atoms with van der Waals surface area (Å²) in [6.45, 7) is 0. The van der Waals surface area contributed by atoms with Crippen molar-refractivity contribution in [2.24, 2.45) is 0 Å². The molecule has 0 aliphatic carbocycles. The van der Waals surface area contributed by atoms with E-state index < -0.39 is 0 Å². The number of hydrogen-bond donors (Lipinski definition) is 0. The van der Waals surface area contributed by atoms with E-state index >= 15 is 0 Å². The SMILES string of the molecule is C1=Pc2ccccc2[P]1. The summed E-state index contributed by atoms with van der Waals surface area (Å²) in [5, 5.41) is 2.94. The van der Waals surface area contributed by atoms with E-state index in [9.17, 15) is 0 Å². The van der Waals surface area contributed by atoms with Gasteiger partial charge in [-0.15, -0.1) is 0 Å². The molecule has 0 saturated carbocycles.